The lowest BCUT2D eigenvalue weighted by atomic mass is 9.48. The predicted molar refractivity (Wildman–Crippen MR) is 165 cm³/mol. The Morgan fingerprint density at radius 2 is 1.55 bits per heavy atom. The van der Waals surface area contributed by atoms with Gasteiger partial charge in [-0.2, -0.15) is 0 Å². The maximum absolute atomic E-state index is 15.3. The number of carbonyl (C=O) groups is 3. The number of nitrogens with one attached hydrogen (secondary N) is 1. The molecule has 4 aliphatic carbocycles. The molecule has 1 atom stereocenters. The second-order valence-corrected chi connectivity index (χ2v) is 13.1. The van der Waals surface area contributed by atoms with Crippen molar-refractivity contribution in [3.8, 4) is 0 Å². The molecule has 4 saturated carbocycles. The Bertz CT molecular complexity index is 1620. The van der Waals surface area contributed by atoms with Gasteiger partial charge in [-0.05, 0) is 86.5 Å². The number of Topliss-reactive ketones (excluding diaryl/α,β-unsaturated/α-hetero) is 1. The van der Waals surface area contributed by atoms with Gasteiger partial charge >= 0.3 is 6.09 Å². The highest BCUT2D eigenvalue weighted by Crippen LogP contribution is 2.60. The van der Waals surface area contributed by atoms with Crippen molar-refractivity contribution in [2.24, 2.45) is 28.2 Å². The summed E-state index contributed by atoms with van der Waals surface area (Å²) in [6, 6.07) is 20.9. The van der Waals surface area contributed by atoms with Crippen molar-refractivity contribution in [1.29, 1.82) is 0 Å². The number of nitrogens with zero attached hydrogens (tertiary/aromatic N) is 2. The Hall–Kier alpha value is -4.33. The van der Waals surface area contributed by atoms with E-state index in [2.05, 4.69) is 10.3 Å². The van der Waals surface area contributed by atoms with Crippen LogP contribution in [0.4, 0.5) is 14.9 Å². The van der Waals surface area contributed by atoms with E-state index in [0.29, 0.717) is 29.0 Å². The number of ether oxygens (including phenoxy) is 1. The molecule has 1 unspecified atom stereocenters. The van der Waals surface area contributed by atoms with Crippen molar-refractivity contribution < 1.29 is 23.5 Å². The van der Waals surface area contributed by atoms with Gasteiger partial charge in [0.25, 0.3) is 5.91 Å². The predicted octanol–water partition coefficient (Wildman–Crippen LogP) is 6.36. The van der Waals surface area contributed by atoms with E-state index < -0.39 is 29.4 Å². The topological polar surface area (TPSA) is 88.1 Å². The van der Waals surface area contributed by atoms with Gasteiger partial charge in [0.05, 0.1) is 17.9 Å². The second-order valence-electron chi connectivity index (χ2n) is 13.1. The van der Waals surface area contributed by atoms with E-state index in [-0.39, 0.29) is 30.2 Å². The van der Waals surface area contributed by atoms with Crippen molar-refractivity contribution in [2.75, 3.05) is 11.4 Å². The summed E-state index contributed by atoms with van der Waals surface area (Å²) in [6.07, 6.45) is 3.99. The molecule has 2 amide bonds. The molecule has 8 heteroatoms. The monoisotopic (exact) mass is 593 g/mol. The average Bonchev–Trinajstić information content (AvgIpc) is 3.11. The van der Waals surface area contributed by atoms with E-state index in [4.69, 9.17) is 4.74 Å². The van der Waals surface area contributed by atoms with Crippen LogP contribution in [0, 0.1) is 35.9 Å². The van der Waals surface area contributed by atoms with Crippen LogP contribution in [0.3, 0.4) is 0 Å². The molecule has 5 aliphatic rings. The first-order valence-electron chi connectivity index (χ1n) is 15.5. The van der Waals surface area contributed by atoms with Crippen molar-refractivity contribution in [2.45, 2.75) is 58.2 Å². The first kappa shape index (κ1) is 28.4. The molecule has 4 bridgehead atoms. The number of amides is 2. The van der Waals surface area contributed by atoms with Crippen LogP contribution >= 0.6 is 0 Å². The summed E-state index contributed by atoms with van der Waals surface area (Å²) in [6.45, 7) is 1.75. The SMILES string of the molecule is Cc1cccc2c1N(CC(=O)C13CC4CC(CC(C4)C1)C3)C(=O)C(NC(=O)OCc1ccccc1)N=C2c1ccccc1F. The number of anilines is 1. The van der Waals surface area contributed by atoms with Crippen LogP contribution in [0.25, 0.3) is 0 Å². The Balaban J connectivity index is 1.25. The van der Waals surface area contributed by atoms with Crippen LogP contribution in [0.2, 0.25) is 0 Å². The van der Waals surface area contributed by atoms with Gasteiger partial charge in [0.2, 0.25) is 6.17 Å². The van der Waals surface area contributed by atoms with Crippen LogP contribution in [0.15, 0.2) is 77.8 Å². The van der Waals surface area contributed by atoms with Crippen LogP contribution in [0.5, 0.6) is 0 Å². The number of fused-ring (bicyclic) bond motifs is 1. The fourth-order valence-electron chi connectivity index (χ4n) is 8.48. The zero-order valence-corrected chi connectivity index (χ0v) is 24.8. The summed E-state index contributed by atoms with van der Waals surface area (Å²) in [5.41, 5.74) is 2.60. The number of rotatable bonds is 7. The molecular weight excluding hydrogens is 557 g/mol. The number of para-hydroxylation sites is 1. The van der Waals surface area contributed by atoms with Crippen LogP contribution < -0.4 is 10.2 Å². The molecule has 226 valence electrons. The number of alkyl carbamates (subject to hydrolysis) is 1. The van der Waals surface area contributed by atoms with E-state index in [1.165, 1.54) is 30.2 Å². The summed E-state index contributed by atoms with van der Waals surface area (Å²) < 4.78 is 20.7. The van der Waals surface area contributed by atoms with Gasteiger partial charge in [0, 0.05) is 16.5 Å². The first-order chi connectivity index (χ1) is 21.3. The Labute approximate surface area is 256 Å². The van der Waals surface area contributed by atoms with Crippen LogP contribution in [0.1, 0.15) is 60.8 Å². The molecule has 1 N–H and O–H groups in total. The zero-order valence-electron chi connectivity index (χ0n) is 24.8. The molecule has 3 aromatic rings. The fraction of sp³-hybridized carbons (Fsp3) is 0.389. The molecule has 7 nitrogen and oxygen atoms in total. The van der Waals surface area contributed by atoms with Gasteiger partial charge < -0.3 is 9.64 Å². The summed E-state index contributed by atoms with van der Waals surface area (Å²) in [5.74, 6) is 0.728. The number of hydrogen-bond acceptors (Lipinski definition) is 5. The number of benzodiazepines with no additional fused rings is 1. The number of hydrogen-bond donors (Lipinski definition) is 1. The first-order valence-corrected chi connectivity index (χ1v) is 15.5. The number of ketones is 1. The summed E-state index contributed by atoms with van der Waals surface area (Å²) >= 11 is 0. The maximum atomic E-state index is 15.3. The average molecular weight is 594 g/mol. The lowest BCUT2D eigenvalue weighted by molar-refractivity contribution is -0.143. The summed E-state index contributed by atoms with van der Waals surface area (Å²) in [5, 5.41) is 2.62. The third-order valence-electron chi connectivity index (χ3n) is 10.0. The van der Waals surface area contributed by atoms with E-state index in [1.54, 1.807) is 24.3 Å². The van der Waals surface area contributed by atoms with Gasteiger partial charge in [0.15, 0.2) is 5.78 Å². The minimum absolute atomic E-state index is 0.00498. The maximum Gasteiger partial charge on any atom is 0.409 e. The molecule has 1 heterocycles. The largest absolute Gasteiger partial charge is 0.445 e. The Morgan fingerprint density at radius 3 is 2.23 bits per heavy atom. The van der Waals surface area contributed by atoms with E-state index in [9.17, 15) is 14.4 Å². The third-order valence-corrected chi connectivity index (χ3v) is 10.0. The standard InChI is InChI=1S/C36H36FN3O4/c1-22-8-7-12-28-31(27-11-5-6-13-29(27)37)38-33(39-35(43)44-21-23-9-3-2-4-10-23)34(42)40(32(22)28)20-30(41)36-17-24-14-25(18-36)16-26(15-24)19-36/h2-13,24-26,33H,14-21H2,1H3,(H,39,43). The van der Waals surface area contributed by atoms with Gasteiger partial charge in [-0.25, -0.2) is 14.2 Å². The van der Waals surface area contributed by atoms with Gasteiger partial charge in [0.1, 0.15) is 12.4 Å². The lowest BCUT2D eigenvalue weighted by Crippen LogP contribution is -2.55. The molecule has 0 spiro atoms. The highest BCUT2D eigenvalue weighted by Gasteiger charge is 2.55. The number of benzene rings is 3. The smallest absolute Gasteiger partial charge is 0.409 e. The second kappa shape index (κ2) is 11.3. The number of carbonyl (C=O) groups excluding carboxylic acids is 3. The van der Waals surface area contributed by atoms with Crippen molar-refractivity contribution >= 4 is 29.2 Å². The van der Waals surface area contributed by atoms with Gasteiger partial charge in [-0.1, -0.05) is 60.7 Å². The Morgan fingerprint density at radius 1 is 0.909 bits per heavy atom. The normalized spacial score (nSPS) is 26.9. The van der Waals surface area contributed by atoms with Crippen LogP contribution in [-0.2, 0) is 20.9 Å². The van der Waals surface area contributed by atoms with E-state index >= 15 is 4.39 Å². The third kappa shape index (κ3) is 5.20. The number of halogens is 1. The van der Waals surface area contributed by atoms with Crippen LogP contribution in [-0.4, -0.2) is 36.2 Å². The summed E-state index contributed by atoms with van der Waals surface area (Å²) in [4.78, 5) is 47.9. The lowest BCUT2D eigenvalue weighted by Gasteiger charge is -2.56. The number of aryl methyl sites for hydroxylation is 1. The molecule has 0 radical (unpaired) electrons. The molecule has 0 saturated heterocycles. The summed E-state index contributed by atoms with van der Waals surface area (Å²) in [7, 11) is 0. The van der Waals surface area contributed by atoms with Gasteiger partial charge in [-0.15, -0.1) is 0 Å². The highest BCUT2D eigenvalue weighted by molar-refractivity contribution is 6.21. The number of aliphatic imine (C=N–C) groups is 1. The molecule has 8 rings (SSSR count). The van der Waals surface area contributed by atoms with Crippen molar-refractivity contribution in [3.05, 3.63) is 101 Å². The van der Waals surface area contributed by atoms with E-state index in [0.717, 1.165) is 30.4 Å². The van der Waals surface area contributed by atoms with Crippen molar-refractivity contribution in [1.82, 2.24) is 5.32 Å². The molecular formula is C36H36FN3O4. The molecule has 0 aromatic heterocycles. The van der Waals surface area contributed by atoms with Crippen molar-refractivity contribution in [3.63, 3.8) is 0 Å². The Kier molecular flexibility index (Phi) is 7.31. The molecule has 1 aliphatic heterocycles. The molecule has 44 heavy (non-hydrogen) atoms. The minimum Gasteiger partial charge on any atom is -0.445 e. The minimum atomic E-state index is -1.43. The highest BCUT2D eigenvalue weighted by atomic mass is 19.1. The zero-order chi connectivity index (χ0) is 30.4. The quantitative estimate of drug-likeness (QED) is 0.346. The van der Waals surface area contributed by atoms with E-state index in [1.807, 2.05) is 49.4 Å². The fourth-order valence-corrected chi connectivity index (χ4v) is 8.48. The molecule has 4 fully saturated rings. The van der Waals surface area contributed by atoms with Gasteiger partial charge in [-0.3, -0.25) is 14.9 Å². The molecule has 3 aromatic carbocycles.